The van der Waals surface area contributed by atoms with E-state index >= 15 is 0 Å². The Hall–Kier alpha value is -4.03. The summed E-state index contributed by atoms with van der Waals surface area (Å²) in [6.07, 6.45) is 3.85. The highest BCUT2D eigenvalue weighted by molar-refractivity contribution is 9.10. The van der Waals surface area contributed by atoms with E-state index in [0.717, 1.165) is 22.2 Å². The van der Waals surface area contributed by atoms with Crippen molar-refractivity contribution in [1.29, 1.82) is 0 Å². The predicted octanol–water partition coefficient (Wildman–Crippen LogP) is 6.64. The molecule has 0 saturated carbocycles. The molecule has 1 N–H and O–H groups in total. The lowest BCUT2D eigenvalue weighted by atomic mass is 10.1. The first-order valence-corrected chi connectivity index (χ1v) is 10.9. The van der Waals surface area contributed by atoms with Crippen molar-refractivity contribution in [1.82, 2.24) is 4.98 Å². The molecule has 6 heteroatoms. The fraction of sp³-hybridized carbons (Fsp3) is 0. The second-order valence-corrected chi connectivity index (χ2v) is 8.41. The molecule has 0 radical (unpaired) electrons. The Bertz CT molecular complexity index is 1640. The van der Waals surface area contributed by atoms with Crippen molar-refractivity contribution >= 4 is 55.9 Å². The number of carbonyl (C=O) groups is 1. The van der Waals surface area contributed by atoms with Gasteiger partial charge >= 0.3 is 5.97 Å². The molecule has 0 bridgehead atoms. The lowest BCUT2D eigenvalue weighted by Crippen LogP contribution is -2.05. The summed E-state index contributed by atoms with van der Waals surface area (Å²) in [6.45, 7) is 0. The van der Waals surface area contributed by atoms with Crippen LogP contribution in [0.1, 0.15) is 21.6 Å². The van der Waals surface area contributed by atoms with E-state index in [1.807, 2.05) is 72.8 Å². The van der Waals surface area contributed by atoms with Gasteiger partial charge in [-0.1, -0.05) is 64.5 Å². The number of pyridine rings is 1. The largest absolute Gasteiger partial charge is 0.478 e. The van der Waals surface area contributed by atoms with Gasteiger partial charge in [0.15, 0.2) is 11.0 Å². The molecule has 0 aliphatic rings. The van der Waals surface area contributed by atoms with Gasteiger partial charge in [0, 0.05) is 21.5 Å². The van der Waals surface area contributed by atoms with Gasteiger partial charge in [-0.25, -0.2) is 9.78 Å². The molecule has 0 spiro atoms. The minimum atomic E-state index is -1.17. The van der Waals surface area contributed by atoms with Crippen LogP contribution < -0.4 is 5.43 Å². The van der Waals surface area contributed by atoms with Gasteiger partial charge in [-0.15, -0.1) is 0 Å². The molecule has 5 nitrogen and oxygen atoms in total. The van der Waals surface area contributed by atoms with Gasteiger partial charge in [-0.3, -0.25) is 4.79 Å². The van der Waals surface area contributed by atoms with Crippen LogP contribution in [-0.4, -0.2) is 16.1 Å². The first-order chi connectivity index (χ1) is 16.0. The van der Waals surface area contributed by atoms with Crippen molar-refractivity contribution in [2.45, 2.75) is 0 Å². The summed E-state index contributed by atoms with van der Waals surface area (Å²) >= 11 is 3.25. The van der Waals surface area contributed by atoms with Gasteiger partial charge in [0.1, 0.15) is 11.3 Å². The van der Waals surface area contributed by atoms with Gasteiger partial charge in [-0.2, -0.15) is 0 Å². The van der Waals surface area contributed by atoms with Crippen LogP contribution in [0, 0.1) is 0 Å². The fourth-order valence-corrected chi connectivity index (χ4v) is 4.13. The third kappa shape index (κ3) is 4.21. The number of para-hydroxylation sites is 1. The van der Waals surface area contributed by atoms with E-state index in [1.165, 1.54) is 12.1 Å². The summed E-state index contributed by atoms with van der Waals surface area (Å²) in [4.78, 5) is 29.0. The van der Waals surface area contributed by atoms with E-state index in [0.29, 0.717) is 15.8 Å². The van der Waals surface area contributed by atoms with Gasteiger partial charge in [-0.05, 0) is 42.0 Å². The molecule has 2 aromatic heterocycles. The number of hydrogen-bond acceptors (Lipinski definition) is 4. The Balaban J connectivity index is 1.54. The minimum Gasteiger partial charge on any atom is -0.478 e. The van der Waals surface area contributed by atoms with E-state index < -0.39 is 5.97 Å². The monoisotopic (exact) mass is 497 g/mol. The topological polar surface area (TPSA) is 80.4 Å². The summed E-state index contributed by atoms with van der Waals surface area (Å²) in [5.41, 5.74) is 2.98. The third-order valence-corrected chi connectivity index (χ3v) is 5.72. The molecular formula is C27H16BrNO4. The standard InChI is InChI=1S/C27H16BrNO4/c28-19-13-21-24(30)15-25(33-26(21)22(14-19)27(31)32)18-6-3-4-16(12-18)8-10-20-11-9-17-5-1-2-7-23(17)29-20/h1-15H,(H,31,32)/b10-8+. The fourth-order valence-electron chi connectivity index (χ4n) is 3.68. The molecule has 0 aliphatic heterocycles. The molecule has 0 unspecified atom stereocenters. The van der Waals surface area contributed by atoms with E-state index in [2.05, 4.69) is 20.9 Å². The molecular weight excluding hydrogens is 482 g/mol. The Kier molecular flexibility index (Phi) is 5.36. The number of carboxylic acid groups (broad SMARTS) is 1. The van der Waals surface area contributed by atoms with Crippen LogP contribution in [0.4, 0.5) is 0 Å². The molecule has 0 atom stereocenters. The highest BCUT2D eigenvalue weighted by Gasteiger charge is 2.16. The average molecular weight is 498 g/mol. The average Bonchev–Trinajstić information content (AvgIpc) is 2.82. The quantitative estimate of drug-likeness (QED) is 0.301. The minimum absolute atomic E-state index is 0.0505. The van der Waals surface area contributed by atoms with Gasteiger partial charge in [0.05, 0.1) is 16.6 Å². The molecule has 5 aromatic rings. The van der Waals surface area contributed by atoms with Gasteiger partial charge in [0.2, 0.25) is 0 Å². The molecule has 3 aromatic carbocycles. The number of aromatic nitrogens is 1. The molecule has 0 amide bonds. The van der Waals surface area contributed by atoms with Crippen LogP contribution in [0.3, 0.4) is 0 Å². The van der Waals surface area contributed by atoms with Gasteiger partial charge < -0.3 is 9.52 Å². The number of nitrogens with zero attached hydrogens (tertiary/aromatic N) is 1. The molecule has 2 heterocycles. The maximum Gasteiger partial charge on any atom is 0.339 e. The molecule has 0 fully saturated rings. The van der Waals surface area contributed by atoms with E-state index in [4.69, 9.17) is 4.42 Å². The Morgan fingerprint density at radius 2 is 1.79 bits per heavy atom. The van der Waals surface area contributed by atoms with Crippen molar-refractivity contribution in [3.63, 3.8) is 0 Å². The lowest BCUT2D eigenvalue weighted by molar-refractivity contribution is 0.0697. The summed E-state index contributed by atoms with van der Waals surface area (Å²) in [6, 6.07) is 23.8. The highest BCUT2D eigenvalue weighted by atomic mass is 79.9. The second kappa shape index (κ2) is 8.48. The number of rotatable bonds is 4. The maximum atomic E-state index is 12.7. The summed E-state index contributed by atoms with van der Waals surface area (Å²) in [5, 5.41) is 10.8. The number of fused-ring (bicyclic) bond motifs is 2. The summed E-state index contributed by atoms with van der Waals surface area (Å²) < 4.78 is 6.41. The molecule has 0 saturated heterocycles. The summed E-state index contributed by atoms with van der Waals surface area (Å²) in [5.74, 6) is -0.863. The lowest BCUT2D eigenvalue weighted by Gasteiger charge is -2.07. The number of aromatic carboxylic acids is 1. The van der Waals surface area contributed by atoms with E-state index in [-0.39, 0.29) is 22.0 Å². The maximum absolute atomic E-state index is 12.7. The SMILES string of the molecule is O=C(O)c1cc(Br)cc2c(=O)cc(-c3cccc(/C=C/c4ccc5ccccc5n4)c3)oc12. The van der Waals surface area contributed by atoms with Crippen LogP contribution in [0.25, 0.3) is 45.3 Å². The van der Waals surface area contributed by atoms with E-state index in [9.17, 15) is 14.7 Å². The Labute approximate surface area is 196 Å². The zero-order chi connectivity index (χ0) is 22.9. The number of benzene rings is 3. The Morgan fingerprint density at radius 3 is 2.64 bits per heavy atom. The number of halogens is 1. The second-order valence-electron chi connectivity index (χ2n) is 7.50. The molecule has 160 valence electrons. The zero-order valence-electron chi connectivity index (χ0n) is 17.2. The van der Waals surface area contributed by atoms with Crippen molar-refractivity contribution < 1.29 is 14.3 Å². The van der Waals surface area contributed by atoms with Crippen LogP contribution in [0.5, 0.6) is 0 Å². The predicted molar refractivity (Wildman–Crippen MR) is 133 cm³/mol. The van der Waals surface area contributed by atoms with Gasteiger partial charge in [0.25, 0.3) is 0 Å². The normalized spacial score (nSPS) is 11.4. The number of carboxylic acids is 1. The van der Waals surface area contributed by atoms with Crippen LogP contribution in [-0.2, 0) is 0 Å². The van der Waals surface area contributed by atoms with Crippen LogP contribution in [0.2, 0.25) is 0 Å². The molecule has 0 aliphatic carbocycles. The van der Waals surface area contributed by atoms with E-state index in [1.54, 1.807) is 6.07 Å². The van der Waals surface area contributed by atoms with Crippen LogP contribution >= 0.6 is 15.9 Å². The first-order valence-electron chi connectivity index (χ1n) is 10.1. The van der Waals surface area contributed by atoms with Crippen LogP contribution in [0.15, 0.2) is 92.5 Å². The first kappa shape index (κ1) is 20.8. The van der Waals surface area contributed by atoms with Crippen molar-refractivity contribution in [3.05, 3.63) is 110 Å². The van der Waals surface area contributed by atoms with Crippen molar-refractivity contribution in [3.8, 4) is 11.3 Å². The summed E-state index contributed by atoms with van der Waals surface area (Å²) in [7, 11) is 0. The van der Waals surface area contributed by atoms with Crippen molar-refractivity contribution in [2.75, 3.05) is 0 Å². The zero-order valence-corrected chi connectivity index (χ0v) is 18.7. The molecule has 5 rings (SSSR count). The molecule has 33 heavy (non-hydrogen) atoms. The highest BCUT2D eigenvalue weighted by Crippen LogP contribution is 2.28. The number of hydrogen-bond donors (Lipinski definition) is 1. The Morgan fingerprint density at radius 1 is 0.939 bits per heavy atom. The smallest absolute Gasteiger partial charge is 0.339 e. The third-order valence-electron chi connectivity index (χ3n) is 5.26. The van der Waals surface area contributed by atoms with Crippen molar-refractivity contribution in [2.24, 2.45) is 0 Å².